The van der Waals surface area contributed by atoms with Crippen molar-refractivity contribution in [3.63, 3.8) is 0 Å². The molecule has 0 N–H and O–H groups in total. The number of rotatable bonds is 6. The van der Waals surface area contributed by atoms with E-state index in [0.29, 0.717) is 18.4 Å². The predicted octanol–water partition coefficient (Wildman–Crippen LogP) is 4.66. The zero-order chi connectivity index (χ0) is 21.3. The number of aromatic nitrogens is 2. The lowest BCUT2D eigenvalue weighted by molar-refractivity contribution is 0.588. The van der Waals surface area contributed by atoms with Gasteiger partial charge in [-0.3, -0.25) is 4.79 Å². The fourth-order valence-electron chi connectivity index (χ4n) is 3.73. The van der Waals surface area contributed by atoms with Gasteiger partial charge in [0.05, 0.1) is 4.90 Å². The van der Waals surface area contributed by atoms with Crippen molar-refractivity contribution in [2.24, 2.45) is 0 Å². The molecule has 5 nitrogen and oxygen atoms in total. The van der Waals surface area contributed by atoms with Gasteiger partial charge in [0, 0.05) is 29.9 Å². The van der Waals surface area contributed by atoms with Crippen molar-refractivity contribution in [3.05, 3.63) is 95.1 Å². The highest BCUT2D eigenvalue weighted by atomic mass is 32.2. The fourth-order valence-corrected chi connectivity index (χ4v) is 5.07. The summed E-state index contributed by atoms with van der Waals surface area (Å²) in [6, 6.07) is 8.37. The van der Waals surface area contributed by atoms with Crippen LogP contribution in [0.1, 0.15) is 30.4 Å². The van der Waals surface area contributed by atoms with Crippen LogP contribution in [0.4, 0.5) is 0 Å². The van der Waals surface area contributed by atoms with Crippen LogP contribution >= 0.6 is 0 Å². The molecule has 6 heteroatoms. The molecule has 0 saturated heterocycles. The van der Waals surface area contributed by atoms with Crippen molar-refractivity contribution in [1.82, 2.24) is 8.54 Å². The van der Waals surface area contributed by atoms with E-state index in [-0.39, 0.29) is 16.0 Å². The molecule has 2 heterocycles. The summed E-state index contributed by atoms with van der Waals surface area (Å²) in [6.07, 6.45) is 13.8. The average molecular weight is 421 g/mol. The Kier molecular flexibility index (Phi) is 5.35. The van der Waals surface area contributed by atoms with E-state index in [1.807, 2.05) is 19.2 Å². The van der Waals surface area contributed by atoms with Crippen LogP contribution in [0.2, 0.25) is 0 Å². The summed E-state index contributed by atoms with van der Waals surface area (Å²) >= 11 is 0. The van der Waals surface area contributed by atoms with Crippen LogP contribution in [0.15, 0.2) is 83.3 Å². The Hall–Kier alpha value is -3.12. The van der Waals surface area contributed by atoms with Crippen LogP contribution < -0.4 is 5.56 Å². The standard InChI is InChI=1S/C24H24N2O3S/c1-3-4-15-25-17-22(19-8-6-5-7-9-19)21-14-16-26(23(21)24(25)27)30(28,29)20-12-10-18(2)11-13-20/h3,6,8-14,16-17H,1,4-5,7,15H2,2H3. The van der Waals surface area contributed by atoms with Crippen LogP contribution in [0, 0.1) is 6.92 Å². The Morgan fingerprint density at radius 1 is 1.13 bits per heavy atom. The largest absolute Gasteiger partial charge is 0.313 e. The molecule has 0 amide bonds. The van der Waals surface area contributed by atoms with E-state index in [1.165, 1.54) is 6.20 Å². The lowest BCUT2D eigenvalue weighted by atomic mass is 9.98. The molecule has 1 aromatic carbocycles. The fraction of sp³-hybridized carbons (Fsp3) is 0.208. The molecule has 1 aliphatic carbocycles. The molecule has 154 valence electrons. The SMILES string of the molecule is C=CCCn1cc(C2=CCCC=C2)c2ccn(S(=O)(=O)c3ccc(C)cc3)c2c1=O. The zero-order valence-corrected chi connectivity index (χ0v) is 17.7. The first-order chi connectivity index (χ1) is 14.4. The van der Waals surface area contributed by atoms with Gasteiger partial charge in [-0.15, -0.1) is 6.58 Å². The number of benzene rings is 1. The number of hydrogen-bond acceptors (Lipinski definition) is 3. The van der Waals surface area contributed by atoms with Crippen molar-refractivity contribution < 1.29 is 8.42 Å². The summed E-state index contributed by atoms with van der Waals surface area (Å²) < 4.78 is 29.4. The van der Waals surface area contributed by atoms with Gasteiger partial charge < -0.3 is 4.57 Å². The molecule has 1 aliphatic rings. The van der Waals surface area contributed by atoms with Crippen molar-refractivity contribution in [3.8, 4) is 0 Å². The highest BCUT2D eigenvalue weighted by molar-refractivity contribution is 7.90. The summed E-state index contributed by atoms with van der Waals surface area (Å²) in [5, 5.41) is 0.642. The quantitative estimate of drug-likeness (QED) is 0.545. The van der Waals surface area contributed by atoms with Gasteiger partial charge in [-0.25, -0.2) is 12.4 Å². The molecule has 0 saturated carbocycles. The van der Waals surface area contributed by atoms with Crippen molar-refractivity contribution in [2.45, 2.75) is 37.6 Å². The number of aryl methyl sites for hydroxylation is 2. The summed E-state index contributed by atoms with van der Waals surface area (Å²) in [5.41, 5.74) is 2.69. The van der Waals surface area contributed by atoms with Gasteiger partial charge in [0.15, 0.2) is 0 Å². The summed E-state index contributed by atoms with van der Waals surface area (Å²) in [5.74, 6) is 0. The molecule has 0 spiro atoms. The Balaban J connectivity index is 1.99. The van der Waals surface area contributed by atoms with Gasteiger partial charge in [0.2, 0.25) is 0 Å². The van der Waals surface area contributed by atoms with E-state index in [4.69, 9.17) is 0 Å². The van der Waals surface area contributed by atoms with Gasteiger partial charge in [-0.2, -0.15) is 0 Å². The zero-order valence-electron chi connectivity index (χ0n) is 16.9. The number of allylic oxidation sites excluding steroid dienone is 5. The van der Waals surface area contributed by atoms with Crippen molar-refractivity contribution >= 4 is 26.5 Å². The maximum absolute atomic E-state index is 13.4. The van der Waals surface area contributed by atoms with Crippen LogP contribution in [-0.2, 0) is 16.6 Å². The molecule has 0 aliphatic heterocycles. The maximum atomic E-state index is 13.4. The van der Waals surface area contributed by atoms with E-state index in [2.05, 4.69) is 18.7 Å². The Labute approximate surface area is 176 Å². The van der Waals surface area contributed by atoms with E-state index >= 15 is 0 Å². The van der Waals surface area contributed by atoms with E-state index in [9.17, 15) is 13.2 Å². The van der Waals surface area contributed by atoms with Gasteiger partial charge >= 0.3 is 0 Å². The molecule has 0 fully saturated rings. The minimum absolute atomic E-state index is 0.157. The Morgan fingerprint density at radius 2 is 1.90 bits per heavy atom. The van der Waals surface area contributed by atoms with Crippen LogP contribution in [0.5, 0.6) is 0 Å². The predicted molar refractivity (Wildman–Crippen MR) is 121 cm³/mol. The van der Waals surface area contributed by atoms with Gasteiger partial charge in [0.25, 0.3) is 15.6 Å². The smallest absolute Gasteiger partial charge is 0.276 e. The molecular weight excluding hydrogens is 396 g/mol. The third-order valence-corrected chi connectivity index (χ3v) is 7.04. The van der Waals surface area contributed by atoms with E-state index in [1.54, 1.807) is 41.0 Å². The number of fused-ring (bicyclic) bond motifs is 1. The lowest BCUT2D eigenvalue weighted by Gasteiger charge is -2.14. The second-order valence-electron chi connectivity index (χ2n) is 7.45. The van der Waals surface area contributed by atoms with Crippen LogP contribution in [0.3, 0.4) is 0 Å². The Morgan fingerprint density at radius 3 is 2.57 bits per heavy atom. The highest BCUT2D eigenvalue weighted by Crippen LogP contribution is 2.29. The monoisotopic (exact) mass is 420 g/mol. The van der Waals surface area contributed by atoms with E-state index in [0.717, 1.165) is 33.5 Å². The second kappa shape index (κ2) is 7.95. The molecule has 0 unspecified atom stereocenters. The van der Waals surface area contributed by atoms with Gasteiger partial charge in [0.1, 0.15) is 5.52 Å². The van der Waals surface area contributed by atoms with Crippen LogP contribution in [-0.4, -0.2) is 17.0 Å². The lowest BCUT2D eigenvalue weighted by Crippen LogP contribution is -2.25. The molecular formula is C24H24N2O3S. The third kappa shape index (κ3) is 3.48. The second-order valence-corrected chi connectivity index (χ2v) is 9.26. The normalized spacial score (nSPS) is 14.1. The summed E-state index contributed by atoms with van der Waals surface area (Å²) in [6.45, 7) is 6.08. The first-order valence-corrected chi connectivity index (χ1v) is 11.4. The molecule has 0 radical (unpaired) electrons. The minimum atomic E-state index is -3.90. The summed E-state index contributed by atoms with van der Waals surface area (Å²) in [4.78, 5) is 13.4. The molecule has 4 rings (SSSR count). The van der Waals surface area contributed by atoms with Crippen molar-refractivity contribution in [2.75, 3.05) is 0 Å². The minimum Gasteiger partial charge on any atom is -0.313 e. The number of hydrogen-bond donors (Lipinski definition) is 0. The first-order valence-electron chi connectivity index (χ1n) is 9.98. The topological polar surface area (TPSA) is 61.1 Å². The molecule has 30 heavy (non-hydrogen) atoms. The van der Waals surface area contributed by atoms with Gasteiger partial charge in [-0.05, 0) is 50.0 Å². The number of nitrogens with zero attached hydrogens (tertiary/aromatic N) is 2. The molecule has 0 bridgehead atoms. The highest BCUT2D eigenvalue weighted by Gasteiger charge is 2.23. The molecule has 2 aromatic heterocycles. The van der Waals surface area contributed by atoms with E-state index < -0.39 is 10.0 Å². The molecule has 0 atom stereocenters. The number of pyridine rings is 1. The Bertz CT molecular complexity index is 1340. The van der Waals surface area contributed by atoms with Gasteiger partial charge in [-0.1, -0.05) is 42.0 Å². The first kappa shape index (κ1) is 20.2. The summed E-state index contributed by atoms with van der Waals surface area (Å²) in [7, 11) is -3.90. The molecule has 3 aromatic rings. The average Bonchev–Trinajstić information content (AvgIpc) is 3.21. The third-order valence-electron chi connectivity index (χ3n) is 5.35. The van der Waals surface area contributed by atoms with Crippen LogP contribution in [0.25, 0.3) is 16.5 Å². The van der Waals surface area contributed by atoms with Crippen molar-refractivity contribution in [1.29, 1.82) is 0 Å². The maximum Gasteiger partial charge on any atom is 0.276 e.